The van der Waals surface area contributed by atoms with E-state index in [-0.39, 0.29) is 0 Å². The van der Waals surface area contributed by atoms with Crippen LogP contribution in [-0.2, 0) is 0 Å². The number of rotatable bonds is 3. The van der Waals surface area contributed by atoms with Crippen LogP contribution in [0.15, 0.2) is 11.6 Å². The topological polar surface area (TPSA) is 17.3 Å². The summed E-state index contributed by atoms with van der Waals surface area (Å²) >= 11 is 1.77. The van der Waals surface area contributed by atoms with E-state index in [1.54, 1.807) is 11.5 Å². The summed E-state index contributed by atoms with van der Waals surface area (Å²) in [5.41, 5.74) is 3.89. The molecule has 2 aromatic heterocycles. The highest BCUT2D eigenvalue weighted by Crippen LogP contribution is 2.29. The summed E-state index contributed by atoms with van der Waals surface area (Å²) in [7, 11) is 0. The largest absolute Gasteiger partial charge is 0.251 e. The average molecular weight is 222 g/mol. The first-order valence-corrected chi connectivity index (χ1v) is 6.44. The maximum absolute atomic E-state index is 4.54. The molecule has 0 fully saturated rings. The van der Waals surface area contributed by atoms with E-state index in [0.717, 1.165) is 5.65 Å². The molecule has 0 bridgehead atoms. The van der Waals surface area contributed by atoms with Gasteiger partial charge in [-0.1, -0.05) is 39.2 Å². The van der Waals surface area contributed by atoms with E-state index < -0.39 is 0 Å². The lowest BCUT2D eigenvalue weighted by Gasteiger charge is -2.04. The van der Waals surface area contributed by atoms with Gasteiger partial charge in [0.15, 0.2) is 5.65 Å². The normalized spacial score (nSPS) is 13.9. The van der Waals surface area contributed by atoms with Gasteiger partial charge in [0.1, 0.15) is 0 Å². The monoisotopic (exact) mass is 222 g/mol. The molecule has 0 saturated carbocycles. The zero-order valence-corrected chi connectivity index (χ0v) is 10.6. The summed E-state index contributed by atoms with van der Waals surface area (Å²) in [6, 6.07) is 0. The van der Waals surface area contributed by atoms with Crippen molar-refractivity contribution in [3.8, 4) is 0 Å². The first-order valence-electron chi connectivity index (χ1n) is 5.60. The number of imidazole rings is 1. The van der Waals surface area contributed by atoms with Gasteiger partial charge in [-0.25, -0.2) is 4.98 Å². The molecule has 1 unspecified atom stereocenters. The third-order valence-electron chi connectivity index (χ3n) is 3.02. The molecule has 1 atom stereocenters. The van der Waals surface area contributed by atoms with E-state index in [4.69, 9.17) is 0 Å². The van der Waals surface area contributed by atoms with Gasteiger partial charge in [0.05, 0.1) is 11.9 Å². The quantitative estimate of drug-likeness (QED) is 0.766. The molecule has 0 aliphatic rings. The Morgan fingerprint density at radius 3 is 2.73 bits per heavy atom. The standard InChI is InChI=1S/C12H18N2S/c1-5-9(4)10-7-15-14-11(8(2)3)6-13-12(10)14/h6-9H,5H2,1-4H3. The molecule has 2 heterocycles. The van der Waals surface area contributed by atoms with Crippen molar-refractivity contribution < 1.29 is 0 Å². The van der Waals surface area contributed by atoms with Crippen molar-refractivity contribution in [3.63, 3.8) is 0 Å². The van der Waals surface area contributed by atoms with Crippen molar-refractivity contribution in [2.24, 2.45) is 0 Å². The third-order valence-corrected chi connectivity index (χ3v) is 3.98. The van der Waals surface area contributed by atoms with Crippen LogP contribution in [0.25, 0.3) is 5.65 Å². The second-order valence-corrected chi connectivity index (χ2v) is 5.26. The minimum Gasteiger partial charge on any atom is -0.251 e. The van der Waals surface area contributed by atoms with Crippen molar-refractivity contribution in [2.75, 3.05) is 0 Å². The third kappa shape index (κ3) is 1.69. The smallest absolute Gasteiger partial charge is 0.150 e. The highest BCUT2D eigenvalue weighted by atomic mass is 32.1. The van der Waals surface area contributed by atoms with E-state index in [0.29, 0.717) is 11.8 Å². The van der Waals surface area contributed by atoms with E-state index in [1.165, 1.54) is 17.7 Å². The summed E-state index contributed by atoms with van der Waals surface area (Å²) in [6.45, 7) is 8.93. The second kappa shape index (κ2) is 3.97. The summed E-state index contributed by atoms with van der Waals surface area (Å²) in [5, 5.41) is 2.25. The Hall–Kier alpha value is -0.830. The van der Waals surface area contributed by atoms with Gasteiger partial charge in [-0.15, -0.1) is 0 Å². The Kier molecular flexibility index (Phi) is 2.83. The first kappa shape index (κ1) is 10.7. The molecule has 0 N–H and O–H groups in total. The zero-order valence-electron chi connectivity index (χ0n) is 9.82. The van der Waals surface area contributed by atoms with Gasteiger partial charge in [-0.2, -0.15) is 0 Å². The van der Waals surface area contributed by atoms with Crippen LogP contribution in [0.3, 0.4) is 0 Å². The maximum Gasteiger partial charge on any atom is 0.150 e. The zero-order chi connectivity index (χ0) is 11.0. The number of fused-ring (bicyclic) bond motifs is 1. The Bertz CT molecular complexity index is 453. The molecule has 2 rings (SSSR count). The molecule has 0 aliphatic heterocycles. The van der Waals surface area contributed by atoms with Crippen molar-refractivity contribution in [2.45, 2.75) is 46.0 Å². The molecule has 0 aromatic carbocycles. The summed E-state index contributed by atoms with van der Waals surface area (Å²) in [5.74, 6) is 1.16. The molecule has 3 heteroatoms. The highest BCUT2D eigenvalue weighted by molar-refractivity contribution is 7.04. The molecule has 2 nitrogen and oxygen atoms in total. The molecule has 0 saturated heterocycles. The van der Waals surface area contributed by atoms with E-state index in [9.17, 15) is 0 Å². The molecular weight excluding hydrogens is 204 g/mol. The molecule has 2 aromatic rings. The van der Waals surface area contributed by atoms with Crippen LogP contribution < -0.4 is 0 Å². The average Bonchev–Trinajstić information content (AvgIpc) is 2.75. The summed E-state index contributed by atoms with van der Waals surface area (Å²) < 4.78 is 2.27. The number of hydrogen-bond acceptors (Lipinski definition) is 2. The maximum atomic E-state index is 4.54. The van der Waals surface area contributed by atoms with Crippen LogP contribution in [0.4, 0.5) is 0 Å². The van der Waals surface area contributed by atoms with Crippen LogP contribution in [0.1, 0.15) is 57.2 Å². The predicted octanol–water partition coefficient (Wildman–Crippen LogP) is 4.03. The minimum absolute atomic E-state index is 0.545. The van der Waals surface area contributed by atoms with Crippen LogP contribution in [-0.4, -0.2) is 8.77 Å². The SMILES string of the molecule is CCC(C)c1csn2c(C(C)C)cnc12. The molecule has 0 spiro atoms. The fourth-order valence-corrected chi connectivity index (χ4v) is 2.95. The Balaban J connectivity index is 2.53. The lowest BCUT2D eigenvalue weighted by molar-refractivity contribution is 0.738. The Morgan fingerprint density at radius 2 is 2.13 bits per heavy atom. The Labute approximate surface area is 95.1 Å². The number of hydrogen-bond donors (Lipinski definition) is 0. The van der Waals surface area contributed by atoms with Crippen molar-refractivity contribution >= 4 is 17.2 Å². The lowest BCUT2D eigenvalue weighted by atomic mass is 10.0. The van der Waals surface area contributed by atoms with Gasteiger partial charge in [-0.05, 0) is 18.3 Å². The number of nitrogens with zero attached hydrogens (tertiary/aromatic N) is 2. The minimum atomic E-state index is 0.545. The van der Waals surface area contributed by atoms with E-state index in [1.807, 2.05) is 6.20 Å². The second-order valence-electron chi connectivity index (χ2n) is 4.44. The van der Waals surface area contributed by atoms with Crippen LogP contribution in [0, 0.1) is 0 Å². The fourth-order valence-electron chi connectivity index (χ4n) is 1.76. The summed E-state index contributed by atoms with van der Waals surface area (Å²) in [4.78, 5) is 4.54. The van der Waals surface area contributed by atoms with Crippen molar-refractivity contribution in [3.05, 3.63) is 22.8 Å². The van der Waals surface area contributed by atoms with Crippen LogP contribution in [0.5, 0.6) is 0 Å². The van der Waals surface area contributed by atoms with Gasteiger partial charge in [0.2, 0.25) is 0 Å². The van der Waals surface area contributed by atoms with Crippen molar-refractivity contribution in [1.29, 1.82) is 0 Å². The highest BCUT2D eigenvalue weighted by Gasteiger charge is 2.15. The number of aromatic nitrogens is 2. The van der Waals surface area contributed by atoms with Crippen LogP contribution >= 0.6 is 11.5 Å². The molecule has 0 radical (unpaired) electrons. The molecule has 0 aliphatic carbocycles. The molecule has 82 valence electrons. The predicted molar refractivity (Wildman–Crippen MR) is 65.9 cm³/mol. The van der Waals surface area contributed by atoms with Gasteiger partial charge in [0, 0.05) is 10.9 Å². The van der Waals surface area contributed by atoms with Gasteiger partial charge in [-0.3, -0.25) is 3.79 Å². The molecular formula is C12H18N2S. The fraction of sp³-hybridized carbons (Fsp3) is 0.583. The van der Waals surface area contributed by atoms with Crippen molar-refractivity contribution in [1.82, 2.24) is 8.77 Å². The van der Waals surface area contributed by atoms with Gasteiger partial charge < -0.3 is 0 Å². The first-order chi connectivity index (χ1) is 7.15. The molecule has 15 heavy (non-hydrogen) atoms. The van der Waals surface area contributed by atoms with Crippen LogP contribution in [0.2, 0.25) is 0 Å². The van der Waals surface area contributed by atoms with E-state index >= 15 is 0 Å². The molecule has 0 amide bonds. The Morgan fingerprint density at radius 1 is 1.40 bits per heavy atom. The summed E-state index contributed by atoms with van der Waals surface area (Å²) in [6.07, 6.45) is 3.19. The van der Waals surface area contributed by atoms with E-state index in [2.05, 4.69) is 41.8 Å². The van der Waals surface area contributed by atoms with Gasteiger partial charge >= 0.3 is 0 Å². The van der Waals surface area contributed by atoms with Gasteiger partial charge in [0.25, 0.3) is 0 Å². The lowest BCUT2D eigenvalue weighted by Crippen LogP contribution is -1.92.